The van der Waals surface area contributed by atoms with Gasteiger partial charge in [0, 0.05) is 19.2 Å². The van der Waals surface area contributed by atoms with E-state index in [-0.39, 0.29) is 18.6 Å². The molecule has 0 aromatic carbocycles. The zero-order valence-corrected chi connectivity index (χ0v) is 9.44. The minimum atomic E-state index is -0.980. The van der Waals surface area contributed by atoms with Gasteiger partial charge in [0.15, 0.2) is 0 Å². The number of carboxylic acid groups (broad SMARTS) is 1. The van der Waals surface area contributed by atoms with Crippen LogP contribution >= 0.6 is 0 Å². The second kappa shape index (κ2) is 6.32. The highest BCUT2D eigenvalue weighted by Gasteiger charge is 2.33. The zero-order chi connectivity index (χ0) is 12.0. The summed E-state index contributed by atoms with van der Waals surface area (Å²) >= 11 is 0. The molecule has 0 heterocycles. The molecule has 1 aliphatic rings. The van der Waals surface area contributed by atoms with Crippen molar-refractivity contribution in [1.82, 2.24) is 10.2 Å². The van der Waals surface area contributed by atoms with Gasteiger partial charge in [-0.2, -0.15) is 0 Å². The predicted octanol–water partition coefficient (Wildman–Crippen LogP) is 0.281. The fourth-order valence-corrected chi connectivity index (χ4v) is 1.37. The summed E-state index contributed by atoms with van der Waals surface area (Å²) < 4.78 is 5.07. The van der Waals surface area contributed by atoms with Crippen LogP contribution in [0, 0.1) is 0 Å². The van der Waals surface area contributed by atoms with Crippen LogP contribution in [0.3, 0.4) is 0 Å². The number of rotatable bonds is 7. The first-order valence-corrected chi connectivity index (χ1v) is 5.49. The average molecular weight is 230 g/mol. The van der Waals surface area contributed by atoms with E-state index in [1.54, 1.807) is 0 Å². The number of aliphatic carboxylic acids is 1. The smallest absolute Gasteiger partial charge is 0.323 e. The Kier molecular flexibility index (Phi) is 5.04. The molecule has 0 aromatic heterocycles. The van der Waals surface area contributed by atoms with Gasteiger partial charge in [0.05, 0.1) is 6.61 Å². The van der Waals surface area contributed by atoms with Crippen LogP contribution in [0.1, 0.15) is 19.8 Å². The van der Waals surface area contributed by atoms with E-state index in [1.807, 2.05) is 6.92 Å². The first kappa shape index (κ1) is 12.8. The largest absolute Gasteiger partial charge is 0.480 e. The Bertz CT molecular complexity index is 253. The molecule has 1 fully saturated rings. The molecule has 0 saturated heterocycles. The standard InChI is InChI=1S/C10H18N2O4/c1-2-16-6-5-11-10(15)12(7-9(13)14)8-3-4-8/h8H,2-7H2,1H3,(H,11,15)(H,13,14). The highest BCUT2D eigenvalue weighted by molar-refractivity contribution is 5.80. The maximum atomic E-state index is 11.6. The van der Waals surface area contributed by atoms with E-state index in [9.17, 15) is 9.59 Å². The molecule has 6 heteroatoms. The number of urea groups is 1. The van der Waals surface area contributed by atoms with Crippen molar-refractivity contribution < 1.29 is 19.4 Å². The molecule has 2 N–H and O–H groups in total. The molecule has 92 valence electrons. The molecule has 0 unspecified atom stereocenters. The molecule has 0 aliphatic heterocycles. The summed E-state index contributed by atoms with van der Waals surface area (Å²) in [4.78, 5) is 23.6. The topological polar surface area (TPSA) is 78.9 Å². The van der Waals surface area contributed by atoms with Gasteiger partial charge in [-0.15, -0.1) is 0 Å². The van der Waals surface area contributed by atoms with Crippen LogP contribution in [-0.4, -0.2) is 54.4 Å². The average Bonchev–Trinajstić information content (AvgIpc) is 3.04. The predicted molar refractivity (Wildman–Crippen MR) is 57.3 cm³/mol. The maximum Gasteiger partial charge on any atom is 0.323 e. The van der Waals surface area contributed by atoms with Crippen LogP contribution in [-0.2, 0) is 9.53 Å². The second-order valence-corrected chi connectivity index (χ2v) is 3.68. The molecule has 0 spiro atoms. The first-order chi connectivity index (χ1) is 7.65. The van der Waals surface area contributed by atoms with Gasteiger partial charge in [-0.3, -0.25) is 4.79 Å². The van der Waals surface area contributed by atoms with Gasteiger partial charge < -0.3 is 20.1 Å². The summed E-state index contributed by atoms with van der Waals surface area (Å²) in [5.74, 6) is -0.980. The maximum absolute atomic E-state index is 11.6. The summed E-state index contributed by atoms with van der Waals surface area (Å²) in [6.07, 6.45) is 1.79. The van der Waals surface area contributed by atoms with E-state index >= 15 is 0 Å². The van der Waals surface area contributed by atoms with E-state index < -0.39 is 5.97 Å². The molecule has 1 saturated carbocycles. The van der Waals surface area contributed by atoms with E-state index in [0.29, 0.717) is 19.8 Å². The molecular weight excluding hydrogens is 212 g/mol. The van der Waals surface area contributed by atoms with E-state index in [0.717, 1.165) is 12.8 Å². The summed E-state index contributed by atoms with van der Waals surface area (Å²) in [5.41, 5.74) is 0. The van der Waals surface area contributed by atoms with Gasteiger partial charge in [-0.05, 0) is 19.8 Å². The molecule has 16 heavy (non-hydrogen) atoms. The Morgan fingerprint density at radius 2 is 2.19 bits per heavy atom. The fraction of sp³-hybridized carbons (Fsp3) is 0.800. The lowest BCUT2D eigenvalue weighted by Crippen LogP contribution is -2.45. The van der Waals surface area contributed by atoms with Crippen molar-refractivity contribution in [2.75, 3.05) is 26.3 Å². The Morgan fingerprint density at radius 1 is 1.50 bits per heavy atom. The quantitative estimate of drug-likeness (QED) is 0.616. The SMILES string of the molecule is CCOCCNC(=O)N(CC(=O)O)C1CC1. The Morgan fingerprint density at radius 3 is 2.69 bits per heavy atom. The van der Waals surface area contributed by atoms with Gasteiger partial charge >= 0.3 is 12.0 Å². The van der Waals surface area contributed by atoms with Gasteiger partial charge in [0.1, 0.15) is 6.54 Å². The van der Waals surface area contributed by atoms with Crippen LogP contribution in [0.15, 0.2) is 0 Å². The minimum Gasteiger partial charge on any atom is -0.480 e. The molecular formula is C10H18N2O4. The molecule has 1 aliphatic carbocycles. The monoisotopic (exact) mass is 230 g/mol. The number of carboxylic acids is 1. The number of carbonyl (C=O) groups excluding carboxylic acids is 1. The van der Waals surface area contributed by atoms with Gasteiger partial charge in [0.2, 0.25) is 0 Å². The molecule has 2 amide bonds. The van der Waals surface area contributed by atoms with Crippen LogP contribution in [0.5, 0.6) is 0 Å². The van der Waals surface area contributed by atoms with Crippen molar-refractivity contribution in [2.24, 2.45) is 0 Å². The van der Waals surface area contributed by atoms with Crippen LogP contribution in [0.2, 0.25) is 0 Å². The minimum absolute atomic E-state index is 0.100. The molecule has 6 nitrogen and oxygen atoms in total. The molecule has 0 atom stereocenters. The van der Waals surface area contributed by atoms with Crippen molar-refractivity contribution >= 4 is 12.0 Å². The summed E-state index contributed by atoms with van der Waals surface area (Å²) in [6.45, 7) is 3.12. The third kappa shape index (κ3) is 4.48. The lowest BCUT2D eigenvalue weighted by atomic mass is 10.5. The molecule has 1 rings (SSSR count). The Labute approximate surface area is 94.6 Å². The number of nitrogens with one attached hydrogen (secondary N) is 1. The Hall–Kier alpha value is -1.30. The Balaban J connectivity index is 2.27. The second-order valence-electron chi connectivity index (χ2n) is 3.68. The number of nitrogens with zero attached hydrogens (tertiary/aromatic N) is 1. The van der Waals surface area contributed by atoms with Crippen LogP contribution in [0.25, 0.3) is 0 Å². The fourth-order valence-electron chi connectivity index (χ4n) is 1.37. The summed E-state index contributed by atoms with van der Waals surface area (Å²) in [7, 11) is 0. The summed E-state index contributed by atoms with van der Waals surface area (Å²) in [6, 6.07) is -0.215. The lowest BCUT2D eigenvalue weighted by Gasteiger charge is -2.20. The number of hydrogen-bond donors (Lipinski definition) is 2. The third-order valence-corrected chi connectivity index (χ3v) is 2.28. The zero-order valence-electron chi connectivity index (χ0n) is 9.44. The van der Waals surface area contributed by atoms with E-state index in [4.69, 9.17) is 9.84 Å². The normalized spacial score (nSPS) is 14.6. The van der Waals surface area contributed by atoms with Gasteiger partial charge in [-0.1, -0.05) is 0 Å². The first-order valence-electron chi connectivity index (χ1n) is 5.49. The molecule has 0 radical (unpaired) electrons. The molecule has 0 bridgehead atoms. The van der Waals surface area contributed by atoms with Gasteiger partial charge in [0.25, 0.3) is 0 Å². The number of carbonyl (C=O) groups is 2. The lowest BCUT2D eigenvalue weighted by molar-refractivity contribution is -0.137. The van der Waals surface area contributed by atoms with E-state index in [2.05, 4.69) is 5.32 Å². The number of ether oxygens (including phenoxy) is 1. The number of amides is 2. The van der Waals surface area contributed by atoms with E-state index in [1.165, 1.54) is 4.90 Å². The summed E-state index contributed by atoms with van der Waals surface area (Å²) in [5, 5.41) is 11.3. The van der Waals surface area contributed by atoms with Crippen molar-refractivity contribution in [3.63, 3.8) is 0 Å². The number of hydrogen-bond acceptors (Lipinski definition) is 3. The van der Waals surface area contributed by atoms with Crippen LogP contribution < -0.4 is 5.32 Å². The van der Waals surface area contributed by atoms with Crippen molar-refractivity contribution in [3.8, 4) is 0 Å². The molecule has 0 aromatic rings. The van der Waals surface area contributed by atoms with Crippen molar-refractivity contribution in [1.29, 1.82) is 0 Å². The van der Waals surface area contributed by atoms with Crippen molar-refractivity contribution in [3.05, 3.63) is 0 Å². The van der Waals surface area contributed by atoms with Crippen molar-refractivity contribution in [2.45, 2.75) is 25.8 Å². The highest BCUT2D eigenvalue weighted by Crippen LogP contribution is 2.26. The third-order valence-electron chi connectivity index (χ3n) is 2.28. The van der Waals surface area contributed by atoms with Gasteiger partial charge in [-0.25, -0.2) is 4.79 Å². The van der Waals surface area contributed by atoms with Crippen LogP contribution in [0.4, 0.5) is 4.79 Å². The highest BCUT2D eigenvalue weighted by atomic mass is 16.5.